The summed E-state index contributed by atoms with van der Waals surface area (Å²) in [5, 5.41) is 3.12. The molecule has 74 valence electrons. The quantitative estimate of drug-likeness (QED) is 0.586. The maximum atomic E-state index is 5.67. The lowest BCUT2D eigenvalue weighted by atomic mass is 10.0. The van der Waals surface area contributed by atoms with Crippen molar-refractivity contribution in [3.63, 3.8) is 0 Å². The Labute approximate surface area is 75.4 Å². The van der Waals surface area contributed by atoms with Gasteiger partial charge in [0.15, 0.2) is 0 Å². The van der Waals surface area contributed by atoms with E-state index in [0.29, 0.717) is 13.2 Å². The van der Waals surface area contributed by atoms with Gasteiger partial charge in [-0.15, -0.1) is 0 Å². The zero-order valence-electron chi connectivity index (χ0n) is 8.64. The van der Waals surface area contributed by atoms with E-state index >= 15 is 0 Å². The lowest BCUT2D eigenvalue weighted by Crippen LogP contribution is -2.39. The zero-order chi connectivity index (χ0) is 9.45. The first-order chi connectivity index (χ1) is 5.68. The lowest BCUT2D eigenvalue weighted by molar-refractivity contribution is -0.0510. The van der Waals surface area contributed by atoms with Crippen LogP contribution in [0.2, 0.25) is 0 Å². The number of hydrogen-bond acceptors (Lipinski definition) is 3. The standard InChI is InChI=1S/C9H21NO2/c1-5-9(2,8-10-3)12-7-6-11-4/h10H,5-8H2,1-4H3. The van der Waals surface area contributed by atoms with Gasteiger partial charge >= 0.3 is 0 Å². The number of rotatable bonds is 7. The van der Waals surface area contributed by atoms with Gasteiger partial charge in [-0.2, -0.15) is 0 Å². The number of hydrogen-bond donors (Lipinski definition) is 1. The normalized spacial score (nSPS) is 16.0. The van der Waals surface area contributed by atoms with Gasteiger partial charge in [-0.1, -0.05) is 6.92 Å². The second-order valence-electron chi connectivity index (χ2n) is 3.18. The van der Waals surface area contributed by atoms with Crippen LogP contribution in [0.3, 0.4) is 0 Å². The van der Waals surface area contributed by atoms with Crippen molar-refractivity contribution in [2.75, 3.05) is 33.9 Å². The van der Waals surface area contributed by atoms with Crippen LogP contribution in [0.5, 0.6) is 0 Å². The summed E-state index contributed by atoms with van der Waals surface area (Å²) < 4.78 is 10.6. The number of nitrogens with one attached hydrogen (secondary N) is 1. The summed E-state index contributed by atoms with van der Waals surface area (Å²) in [5.74, 6) is 0. The first kappa shape index (κ1) is 11.9. The highest BCUT2D eigenvalue weighted by molar-refractivity contribution is 4.75. The van der Waals surface area contributed by atoms with E-state index in [1.54, 1.807) is 7.11 Å². The fraction of sp³-hybridized carbons (Fsp3) is 1.00. The summed E-state index contributed by atoms with van der Waals surface area (Å²) in [5.41, 5.74) is -0.0483. The summed E-state index contributed by atoms with van der Waals surface area (Å²) in [4.78, 5) is 0. The minimum absolute atomic E-state index is 0.0483. The Morgan fingerprint density at radius 2 is 2.00 bits per heavy atom. The topological polar surface area (TPSA) is 30.5 Å². The Bertz CT molecular complexity index is 109. The fourth-order valence-electron chi connectivity index (χ4n) is 1.02. The molecule has 0 radical (unpaired) electrons. The van der Waals surface area contributed by atoms with Crippen molar-refractivity contribution in [2.24, 2.45) is 0 Å². The van der Waals surface area contributed by atoms with Gasteiger partial charge in [0.1, 0.15) is 0 Å². The molecule has 0 bridgehead atoms. The molecule has 12 heavy (non-hydrogen) atoms. The van der Waals surface area contributed by atoms with Crippen molar-refractivity contribution < 1.29 is 9.47 Å². The van der Waals surface area contributed by atoms with Crippen LogP contribution in [-0.2, 0) is 9.47 Å². The maximum Gasteiger partial charge on any atom is 0.0776 e. The minimum atomic E-state index is -0.0483. The highest BCUT2D eigenvalue weighted by Crippen LogP contribution is 2.13. The maximum absolute atomic E-state index is 5.67. The minimum Gasteiger partial charge on any atom is -0.382 e. The molecule has 0 amide bonds. The van der Waals surface area contributed by atoms with E-state index in [0.717, 1.165) is 13.0 Å². The predicted molar refractivity (Wildman–Crippen MR) is 50.5 cm³/mol. The molecule has 0 aromatic carbocycles. The van der Waals surface area contributed by atoms with Gasteiger partial charge < -0.3 is 14.8 Å². The highest BCUT2D eigenvalue weighted by atomic mass is 16.5. The van der Waals surface area contributed by atoms with E-state index in [1.807, 2.05) is 7.05 Å². The second-order valence-corrected chi connectivity index (χ2v) is 3.18. The molecule has 0 fully saturated rings. The first-order valence-electron chi connectivity index (χ1n) is 4.46. The van der Waals surface area contributed by atoms with E-state index in [-0.39, 0.29) is 5.60 Å². The first-order valence-corrected chi connectivity index (χ1v) is 4.46. The van der Waals surface area contributed by atoms with Crippen molar-refractivity contribution in [1.29, 1.82) is 0 Å². The van der Waals surface area contributed by atoms with Crippen LogP contribution in [0.4, 0.5) is 0 Å². The second kappa shape index (κ2) is 6.40. The Balaban J connectivity index is 3.63. The molecular formula is C9H21NO2. The van der Waals surface area contributed by atoms with E-state index < -0.39 is 0 Å². The van der Waals surface area contributed by atoms with Crippen molar-refractivity contribution in [3.8, 4) is 0 Å². The summed E-state index contributed by atoms with van der Waals surface area (Å²) >= 11 is 0. The molecule has 1 unspecified atom stereocenters. The average Bonchev–Trinajstić information content (AvgIpc) is 2.06. The molecule has 0 aliphatic rings. The van der Waals surface area contributed by atoms with Crippen LogP contribution in [0.1, 0.15) is 20.3 Å². The molecule has 1 N–H and O–H groups in total. The smallest absolute Gasteiger partial charge is 0.0776 e. The van der Waals surface area contributed by atoms with Gasteiger partial charge in [0.2, 0.25) is 0 Å². The molecule has 3 nitrogen and oxygen atoms in total. The van der Waals surface area contributed by atoms with E-state index in [4.69, 9.17) is 9.47 Å². The van der Waals surface area contributed by atoms with E-state index in [9.17, 15) is 0 Å². The van der Waals surface area contributed by atoms with Gasteiger partial charge in [0.25, 0.3) is 0 Å². The number of ether oxygens (including phenoxy) is 2. The third kappa shape index (κ3) is 4.70. The third-order valence-electron chi connectivity index (χ3n) is 2.04. The van der Waals surface area contributed by atoms with Crippen LogP contribution in [-0.4, -0.2) is 39.5 Å². The summed E-state index contributed by atoms with van der Waals surface area (Å²) in [6.45, 7) is 6.46. The van der Waals surface area contributed by atoms with Crippen LogP contribution in [0.15, 0.2) is 0 Å². The van der Waals surface area contributed by atoms with Crippen molar-refractivity contribution in [3.05, 3.63) is 0 Å². The van der Waals surface area contributed by atoms with Crippen molar-refractivity contribution in [2.45, 2.75) is 25.9 Å². The Morgan fingerprint density at radius 1 is 1.33 bits per heavy atom. The van der Waals surface area contributed by atoms with Crippen molar-refractivity contribution >= 4 is 0 Å². The molecule has 0 aromatic heterocycles. The van der Waals surface area contributed by atoms with Gasteiger partial charge in [-0.25, -0.2) is 0 Å². The SMILES string of the molecule is CCC(C)(CNC)OCCOC. The molecule has 0 rings (SSSR count). The van der Waals surface area contributed by atoms with Crippen LogP contribution < -0.4 is 5.32 Å². The van der Waals surface area contributed by atoms with Crippen molar-refractivity contribution in [1.82, 2.24) is 5.32 Å². The lowest BCUT2D eigenvalue weighted by Gasteiger charge is -2.28. The number of methoxy groups -OCH3 is 1. The molecule has 1 atom stereocenters. The van der Waals surface area contributed by atoms with E-state index in [1.165, 1.54) is 0 Å². The molecule has 0 spiro atoms. The largest absolute Gasteiger partial charge is 0.382 e. The molecule has 0 aliphatic heterocycles. The monoisotopic (exact) mass is 175 g/mol. The molecular weight excluding hydrogens is 154 g/mol. The molecule has 0 saturated carbocycles. The summed E-state index contributed by atoms with van der Waals surface area (Å²) in [6, 6.07) is 0. The predicted octanol–water partition coefficient (Wildman–Crippen LogP) is 1.04. The molecule has 3 heteroatoms. The van der Waals surface area contributed by atoms with Crippen LogP contribution >= 0.6 is 0 Å². The molecule has 0 aliphatic carbocycles. The molecule has 0 aromatic rings. The Kier molecular flexibility index (Phi) is 6.34. The van der Waals surface area contributed by atoms with Crippen LogP contribution in [0, 0.1) is 0 Å². The van der Waals surface area contributed by atoms with E-state index in [2.05, 4.69) is 19.2 Å². The summed E-state index contributed by atoms with van der Waals surface area (Å²) in [7, 11) is 3.62. The summed E-state index contributed by atoms with van der Waals surface area (Å²) in [6.07, 6.45) is 1.01. The molecule has 0 heterocycles. The van der Waals surface area contributed by atoms with Gasteiger partial charge in [-0.05, 0) is 20.4 Å². The fourth-order valence-corrected chi connectivity index (χ4v) is 1.02. The zero-order valence-corrected chi connectivity index (χ0v) is 8.64. The van der Waals surface area contributed by atoms with Gasteiger partial charge in [0.05, 0.1) is 18.8 Å². The molecule has 0 saturated heterocycles. The third-order valence-corrected chi connectivity index (χ3v) is 2.04. The average molecular weight is 175 g/mol. The van der Waals surface area contributed by atoms with Crippen LogP contribution in [0.25, 0.3) is 0 Å². The Hall–Kier alpha value is -0.120. The van der Waals surface area contributed by atoms with Gasteiger partial charge in [-0.3, -0.25) is 0 Å². The highest BCUT2D eigenvalue weighted by Gasteiger charge is 2.20. The number of likely N-dealkylation sites (N-methyl/N-ethyl adjacent to an activating group) is 1. The van der Waals surface area contributed by atoms with Gasteiger partial charge in [0, 0.05) is 13.7 Å². The Morgan fingerprint density at radius 3 is 2.42 bits per heavy atom.